The lowest BCUT2D eigenvalue weighted by atomic mass is 10.1. The van der Waals surface area contributed by atoms with Gasteiger partial charge in [-0.3, -0.25) is 0 Å². The monoisotopic (exact) mass is 255 g/mol. The molecule has 3 aromatic rings. The maximum atomic E-state index is 12.9. The number of carboxylic acids is 1. The summed E-state index contributed by atoms with van der Waals surface area (Å²) >= 11 is 0. The van der Waals surface area contributed by atoms with Gasteiger partial charge in [0.1, 0.15) is 5.82 Å². The fourth-order valence-electron chi connectivity index (χ4n) is 2.13. The summed E-state index contributed by atoms with van der Waals surface area (Å²) < 4.78 is 12.9. The molecule has 1 aromatic heterocycles. The van der Waals surface area contributed by atoms with E-state index in [2.05, 4.69) is 4.98 Å². The molecule has 0 fully saturated rings. The number of hydrogen-bond donors (Lipinski definition) is 2. The molecule has 3 nitrogen and oxygen atoms in total. The Bertz CT molecular complexity index is 759. The fourth-order valence-corrected chi connectivity index (χ4v) is 2.13. The quantitative estimate of drug-likeness (QED) is 0.734. The Morgan fingerprint density at radius 2 is 1.84 bits per heavy atom. The Morgan fingerprint density at radius 3 is 2.53 bits per heavy atom. The Kier molecular flexibility index (Phi) is 2.56. The number of carboxylic acid groups (broad SMARTS) is 1. The molecule has 2 aromatic carbocycles. The first-order chi connectivity index (χ1) is 9.15. The van der Waals surface area contributed by atoms with E-state index in [0.717, 1.165) is 16.8 Å². The van der Waals surface area contributed by atoms with Crippen molar-refractivity contribution in [3.05, 3.63) is 59.9 Å². The summed E-state index contributed by atoms with van der Waals surface area (Å²) in [6, 6.07) is 12.9. The zero-order chi connectivity index (χ0) is 13.4. The molecule has 0 unspecified atom stereocenters. The van der Waals surface area contributed by atoms with Gasteiger partial charge in [0, 0.05) is 16.6 Å². The van der Waals surface area contributed by atoms with E-state index in [4.69, 9.17) is 5.11 Å². The van der Waals surface area contributed by atoms with Gasteiger partial charge in [-0.15, -0.1) is 0 Å². The van der Waals surface area contributed by atoms with Crippen LogP contribution >= 0.6 is 0 Å². The van der Waals surface area contributed by atoms with E-state index in [0.29, 0.717) is 5.39 Å². The first-order valence-corrected chi connectivity index (χ1v) is 5.76. The van der Waals surface area contributed by atoms with Gasteiger partial charge in [-0.2, -0.15) is 0 Å². The number of fused-ring (bicyclic) bond motifs is 1. The molecule has 94 valence electrons. The predicted molar refractivity (Wildman–Crippen MR) is 70.7 cm³/mol. The minimum absolute atomic E-state index is 0.252. The van der Waals surface area contributed by atoms with Crippen molar-refractivity contribution in [1.82, 2.24) is 4.98 Å². The first kappa shape index (κ1) is 11.5. The molecule has 0 radical (unpaired) electrons. The Morgan fingerprint density at radius 1 is 1.11 bits per heavy atom. The first-order valence-electron chi connectivity index (χ1n) is 5.76. The standard InChI is InChI=1S/C15H10FNO2/c16-10-6-4-9(5-7-10)14-8-12-11(15(18)19)2-1-3-13(12)17-14/h1-8,17H,(H,18,19). The van der Waals surface area contributed by atoms with Crippen molar-refractivity contribution in [2.45, 2.75) is 0 Å². The molecular formula is C15H10FNO2. The molecule has 19 heavy (non-hydrogen) atoms. The molecule has 3 rings (SSSR count). The average Bonchev–Trinajstić information content (AvgIpc) is 2.82. The molecule has 0 saturated heterocycles. The smallest absolute Gasteiger partial charge is 0.336 e. The predicted octanol–water partition coefficient (Wildman–Crippen LogP) is 3.67. The van der Waals surface area contributed by atoms with Gasteiger partial charge in [0.2, 0.25) is 0 Å². The number of nitrogens with one attached hydrogen (secondary N) is 1. The molecule has 4 heteroatoms. The van der Waals surface area contributed by atoms with Crippen LogP contribution in [0.3, 0.4) is 0 Å². The number of carbonyl (C=O) groups is 1. The van der Waals surface area contributed by atoms with Crippen LogP contribution in [-0.4, -0.2) is 16.1 Å². The minimum Gasteiger partial charge on any atom is -0.478 e. The maximum Gasteiger partial charge on any atom is 0.336 e. The number of benzene rings is 2. The summed E-state index contributed by atoms with van der Waals surface area (Å²) in [5, 5.41) is 9.78. The van der Waals surface area contributed by atoms with Gasteiger partial charge < -0.3 is 10.1 Å². The fraction of sp³-hybridized carbons (Fsp3) is 0. The number of aromatic nitrogens is 1. The van der Waals surface area contributed by atoms with E-state index >= 15 is 0 Å². The second-order valence-corrected chi connectivity index (χ2v) is 4.26. The van der Waals surface area contributed by atoms with Crippen LogP contribution in [-0.2, 0) is 0 Å². The number of halogens is 1. The summed E-state index contributed by atoms with van der Waals surface area (Å²) in [6.45, 7) is 0. The lowest BCUT2D eigenvalue weighted by Gasteiger charge is -1.96. The lowest BCUT2D eigenvalue weighted by molar-refractivity contribution is 0.0699. The second kappa shape index (κ2) is 4.24. The van der Waals surface area contributed by atoms with Crippen molar-refractivity contribution in [1.29, 1.82) is 0 Å². The van der Waals surface area contributed by atoms with Gasteiger partial charge in [0.15, 0.2) is 0 Å². The van der Waals surface area contributed by atoms with E-state index in [1.807, 2.05) is 6.07 Å². The largest absolute Gasteiger partial charge is 0.478 e. The van der Waals surface area contributed by atoms with Crippen LogP contribution < -0.4 is 0 Å². The van der Waals surface area contributed by atoms with Crippen LogP contribution in [0.1, 0.15) is 10.4 Å². The summed E-state index contributed by atoms with van der Waals surface area (Å²) in [5.74, 6) is -1.26. The van der Waals surface area contributed by atoms with Crippen molar-refractivity contribution < 1.29 is 14.3 Å². The zero-order valence-corrected chi connectivity index (χ0v) is 9.85. The number of aromatic amines is 1. The Hall–Kier alpha value is -2.62. The SMILES string of the molecule is O=C(O)c1cccc2[nH]c(-c3ccc(F)cc3)cc12. The molecule has 0 aliphatic rings. The van der Waals surface area contributed by atoms with Crippen LogP contribution in [0.15, 0.2) is 48.5 Å². The van der Waals surface area contributed by atoms with Gasteiger partial charge >= 0.3 is 5.97 Å². The summed E-state index contributed by atoms with van der Waals surface area (Å²) in [4.78, 5) is 14.3. The summed E-state index contributed by atoms with van der Waals surface area (Å²) in [5.41, 5.74) is 2.58. The Labute approximate surface area is 108 Å². The van der Waals surface area contributed by atoms with Gasteiger partial charge in [-0.1, -0.05) is 6.07 Å². The molecule has 0 aliphatic carbocycles. The van der Waals surface area contributed by atoms with Crippen LogP contribution in [0.25, 0.3) is 22.2 Å². The highest BCUT2D eigenvalue weighted by atomic mass is 19.1. The van der Waals surface area contributed by atoms with Crippen LogP contribution in [0.4, 0.5) is 4.39 Å². The molecule has 0 saturated carbocycles. The molecule has 0 spiro atoms. The lowest BCUT2D eigenvalue weighted by Crippen LogP contribution is -1.95. The van der Waals surface area contributed by atoms with E-state index < -0.39 is 5.97 Å². The second-order valence-electron chi connectivity index (χ2n) is 4.26. The third-order valence-corrected chi connectivity index (χ3v) is 3.05. The van der Waals surface area contributed by atoms with Crippen molar-refractivity contribution in [3.63, 3.8) is 0 Å². The van der Waals surface area contributed by atoms with Crippen molar-refractivity contribution in [2.24, 2.45) is 0 Å². The van der Waals surface area contributed by atoms with Crippen molar-refractivity contribution in [3.8, 4) is 11.3 Å². The van der Waals surface area contributed by atoms with Gasteiger partial charge in [0.05, 0.1) is 5.56 Å². The topological polar surface area (TPSA) is 53.1 Å². The molecule has 0 atom stereocenters. The number of H-pyrrole nitrogens is 1. The molecular weight excluding hydrogens is 245 g/mol. The number of hydrogen-bond acceptors (Lipinski definition) is 1. The van der Waals surface area contributed by atoms with E-state index in [1.54, 1.807) is 30.3 Å². The summed E-state index contributed by atoms with van der Waals surface area (Å²) in [7, 11) is 0. The molecule has 0 amide bonds. The molecule has 2 N–H and O–H groups in total. The highest BCUT2D eigenvalue weighted by Gasteiger charge is 2.11. The number of aromatic carboxylic acids is 1. The molecule has 0 bridgehead atoms. The summed E-state index contributed by atoms with van der Waals surface area (Å²) in [6.07, 6.45) is 0. The maximum absolute atomic E-state index is 12.9. The van der Waals surface area contributed by atoms with E-state index in [-0.39, 0.29) is 11.4 Å². The van der Waals surface area contributed by atoms with Crippen LogP contribution in [0, 0.1) is 5.82 Å². The van der Waals surface area contributed by atoms with Gasteiger partial charge in [-0.05, 0) is 48.0 Å². The number of rotatable bonds is 2. The minimum atomic E-state index is -0.963. The molecule has 0 aliphatic heterocycles. The van der Waals surface area contributed by atoms with Crippen LogP contribution in [0.2, 0.25) is 0 Å². The average molecular weight is 255 g/mol. The highest BCUT2D eigenvalue weighted by molar-refractivity contribution is 6.04. The van der Waals surface area contributed by atoms with E-state index in [1.165, 1.54) is 12.1 Å². The third kappa shape index (κ3) is 1.97. The van der Waals surface area contributed by atoms with Gasteiger partial charge in [-0.25, -0.2) is 9.18 Å². The molecule has 1 heterocycles. The van der Waals surface area contributed by atoms with Crippen LogP contribution in [0.5, 0.6) is 0 Å². The zero-order valence-electron chi connectivity index (χ0n) is 9.85. The van der Waals surface area contributed by atoms with E-state index in [9.17, 15) is 9.18 Å². The van der Waals surface area contributed by atoms with Crippen molar-refractivity contribution >= 4 is 16.9 Å². The van der Waals surface area contributed by atoms with Crippen molar-refractivity contribution in [2.75, 3.05) is 0 Å². The Balaban J connectivity index is 2.19. The van der Waals surface area contributed by atoms with Gasteiger partial charge in [0.25, 0.3) is 0 Å². The third-order valence-electron chi connectivity index (χ3n) is 3.05. The normalized spacial score (nSPS) is 10.8. The highest BCUT2D eigenvalue weighted by Crippen LogP contribution is 2.26.